The molecular formula is C23H18N4O3. The second kappa shape index (κ2) is 8.40. The van der Waals surface area contributed by atoms with Crippen molar-refractivity contribution in [2.75, 3.05) is 12.4 Å². The normalized spacial score (nSPS) is 10.4. The topological polar surface area (TPSA) is 93.2 Å². The Labute approximate surface area is 172 Å². The number of amides is 2. The molecule has 4 rings (SSSR count). The summed E-state index contributed by atoms with van der Waals surface area (Å²) in [6.45, 7) is 0. The van der Waals surface area contributed by atoms with Crippen LogP contribution >= 0.6 is 0 Å². The maximum atomic E-state index is 12.3. The number of hydrogen-bond donors (Lipinski definition) is 2. The largest absolute Gasteiger partial charge is 0.417 e. The summed E-state index contributed by atoms with van der Waals surface area (Å²) in [4.78, 5) is 33.2. The molecule has 2 aromatic heterocycles. The van der Waals surface area contributed by atoms with Crippen molar-refractivity contribution in [3.8, 4) is 17.0 Å². The molecule has 0 fully saturated rings. The Morgan fingerprint density at radius 3 is 2.43 bits per heavy atom. The van der Waals surface area contributed by atoms with Crippen molar-refractivity contribution >= 4 is 28.7 Å². The Hall–Kier alpha value is -4.26. The van der Waals surface area contributed by atoms with E-state index in [-0.39, 0.29) is 5.91 Å². The van der Waals surface area contributed by atoms with Crippen LogP contribution < -0.4 is 15.4 Å². The lowest BCUT2D eigenvalue weighted by atomic mass is 10.1. The monoisotopic (exact) mass is 398 g/mol. The van der Waals surface area contributed by atoms with Crippen molar-refractivity contribution in [3.05, 3.63) is 84.6 Å². The predicted octanol–water partition coefficient (Wildman–Crippen LogP) is 4.27. The summed E-state index contributed by atoms with van der Waals surface area (Å²) in [7, 11) is 1.58. The van der Waals surface area contributed by atoms with E-state index in [9.17, 15) is 9.59 Å². The summed E-state index contributed by atoms with van der Waals surface area (Å²) in [5.74, 6) is 0.228. The molecule has 0 bridgehead atoms. The van der Waals surface area contributed by atoms with E-state index < -0.39 is 6.09 Å². The molecule has 2 aromatic carbocycles. The van der Waals surface area contributed by atoms with Crippen LogP contribution in [-0.2, 0) is 0 Å². The third kappa shape index (κ3) is 4.10. The molecule has 7 nitrogen and oxygen atoms in total. The Balaban J connectivity index is 1.57. The van der Waals surface area contributed by atoms with Gasteiger partial charge in [-0.05, 0) is 42.5 Å². The van der Waals surface area contributed by atoms with Crippen LogP contribution in [0.25, 0.3) is 22.3 Å². The van der Waals surface area contributed by atoms with Gasteiger partial charge in [-0.1, -0.05) is 30.3 Å². The van der Waals surface area contributed by atoms with Crippen LogP contribution in [0.2, 0.25) is 0 Å². The van der Waals surface area contributed by atoms with Crippen LogP contribution in [0, 0.1) is 0 Å². The van der Waals surface area contributed by atoms with E-state index in [0.29, 0.717) is 33.7 Å². The number of nitrogens with one attached hydrogen (secondary N) is 2. The fourth-order valence-corrected chi connectivity index (χ4v) is 2.98. The number of nitrogens with zero attached hydrogens (tertiary/aromatic N) is 2. The van der Waals surface area contributed by atoms with Crippen molar-refractivity contribution < 1.29 is 14.3 Å². The second-order valence-electron chi connectivity index (χ2n) is 6.41. The average molecular weight is 398 g/mol. The number of anilines is 1. The lowest BCUT2D eigenvalue weighted by Crippen LogP contribution is -2.18. The molecule has 0 aliphatic heterocycles. The van der Waals surface area contributed by atoms with Gasteiger partial charge in [-0.3, -0.25) is 15.1 Å². The molecule has 2 N–H and O–H groups in total. The minimum atomic E-state index is -0.578. The SMILES string of the molecule is CNC(=O)c1cc(-c2ccc(NC(=O)Oc3ccccc3)cc2)nc2cccnc12. The Morgan fingerprint density at radius 2 is 1.70 bits per heavy atom. The first kappa shape index (κ1) is 19.1. The van der Waals surface area contributed by atoms with Crippen LogP contribution in [0.5, 0.6) is 5.75 Å². The van der Waals surface area contributed by atoms with Gasteiger partial charge < -0.3 is 10.1 Å². The lowest BCUT2D eigenvalue weighted by Gasteiger charge is -2.10. The van der Waals surface area contributed by atoms with Gasteiger partial charge in [0.1, 0.15) is 11.3 Å². The highest BCUT2D eigenvalue weighted by atomic mass is 16.6. The molecule has 0 atom stereocenters. The number of carbonyl (C=O) groups excluding carboxylic acids is 2. The number of hydrogen-bond acceptors (Lipinski definition) is 5. The fraction of sp³-hybridized carbons (Fsp3) is 0.0435. The van der Waals surface area contributed by atoms with Crippen LogP contribution in [0.15, 0.2) is 79.0 Å². The molecule has 0 aliphatic carbocycles. The smallest absolute Gasteiger partial charge is 0.410 e. The number of pyridine rings is 2. The molecule has 0 spiro atoms. The van der Waals surface area contributed by atoms with Crippen LogP contribution in [0.1, 0.15) is 10.4 Å². The van der Waals surface area contributed by atoms with Crippen LogP contribution in [0.3, 0.4) is 0 Å². The van der Waals surface area contributed by atoms with Crippen molar-refractivity contribution in [2.45, 2.75) is 0 Å². The first-order valence-corrected chi connectivity index (χ1v) is 9.26. The van der Waals surface area contributed by atoms with Crippen LogP contribution in [0.4, 0.5) is 10.5 Å². The van der Waals surface area contributed by atoms with Crippen molar-refractivity contribution in [2.24, 2.45) is 0 Å². The second-order valence-corrected chi connectivity index (χ2v) is 6.41. The number of fused-ring (bicyclic) bond motifs is 1. The molecule has 0 saturated carbocycles. The van der Waals surface area contributed by atoms with E-state index in [0.717, 1.165) is 5.56 Å². The summed E-state index contributed by atoms with van der Waals surface area (Å²) in [5, 5.41) is 5.32. The lowest BCUT2D eigenvalue weighted by molar-refractivity contribution is 0.0964. The maximum Gasteiger partial charge on any atom is 0.417 e. The van der Waals surface area contributed by atoms with E-state index in [1.54, 1.807) is 61.8 Å². The minimum Gasteiger partial charge on any atom is -0.410 e. The van der Waals surface area contributed by atoms with Gasteiger partial charge in [0.15, 0.2) is 0 Å². The number of carbonyl (C=O) groups is 2. The number of benzene rings is 2. The van der Waals surface area contributed by atoms with Gasteiger partial charge in [0.25, 0.3) is 5.91 Å². The van der Waals surface area contributed by atoms with Gasteiger partial charge in [0.05, 0.1) is 16.8 Å². The van der Waals surface area contributed by atoms with Gasteiger partial charge >= 0.3 is 6.09 Å². The van der Waals surface area contributed by atoms with E-state index in [4.69, 9.17) is 4.74 Å². The number of para-hydroxylation sites is 1. The third-order valence-corrected chi connectivity index (χ3v) is 4.42. The zero-order chi connectivity index (χ0) is 20.9. The van der Waals surface area contributed by atoms with Crippen molar-refractivity contribution in [1.82, 2.24) is 15.3 Å². The summed E-state index contributed by atoms with van der Waals surface area (Å²) in [6, 6.07) is 21.2. The van der Waals surface area contributed by atoms with Gasteiger partial charge in [0.2, 0.25) is 0 Å². The molecule has 2 heterocycles. The molecule has 4 aromatic rings. The third-order valence-electron chi connectivity index (χ3n) is 4.42. The molecule has 0 saturated heterocycles. The number of rotatable bonds is 4. The zero-order valence-corrected chi connectivity index (χ0v) is 16.1. The highest BCUT2D eigenvalue weighted by Gasteiger charge is 2.14. The Bertz CT molecular complexity index is 1210. The number of aromatic nitrogens is 2. The molecule has 7 heteroatoms. The molecule has 0 aliphatic rings. The Morgan fingerprint density at radius 1 is 0.933 bits per heavy atom. The fourth-order valence-electron chi connectivity index (χ4n) is 2.98. The standard InChI is InChI=1S/C23H18N4O3/c1-24-22(28)18-14-20(27-19-8-5-13-25-21(18)19)15-9-11-16(12-10-15)26-23(29)30-17-6-3-2-4-7-17/h2-14H,1H3,(H,24,28)(H,26,29). The van der Waals surface area contributed by atoms with E-state index in [1.165, 1.54) is 0 Å². The molecule has 0 unspecified atom stereocenters. The first-order chi connectivity index (χ1) is 14.6. The maximum absolute atomic E-state index is 12.3. The summed E-state index contributed by atoms with van der Waals surface area (Å²) < 4.78 is 5.22. The summed E-state index contributed by atoms with van der Waals surface area (Å²) >= 11 is 0. The van der Waals surface area contributed by atoms with Crippen LogP contribution in [-0.4, -0.2) is 29.0 Å². The quantitative estimate of drug-likeness (QED) is 0.536. The van der Waals surface area contributed by atoms with Gasteiger partial charge in [-0.15, -0.1) is 0 Å². The molecule has 2 amide bonds. The highest BCUT2D eigenvalue weighted by molar-refractivity contribution is 6.05. The summed E-state index contributed by atoms with van der Waals surface area (Å²) in [5.41, 5.74) is 3.63. The molecule has 148 valence electrons. The van der Waals surface area contributed by atoms with E-state index in [1.807, 2.05) is 24.3 Å². The number of ether oxygens (including phenoxy) is 1. The van der Waals surface area contributed by atoms with E-state index >= 15 is 0 Å². The van der Waals surface area contributed by atoms with Gasteiger partial charge in [-0.2, -0.15) is 0 Å². The minimum absolute atomic E-state index is 0.232. The van der Waals surface area contributed by atoms with E-state index in [2.05, 4.69) is 20.6 Å². The predicted molar refractivity (Wildman–Crippen MR) is 114 cm³/mol. The Kier molecular flexibility index (Phi) is 5.34. The molecule has 0 radical (unpaired) electrons. The molecular weight excluding hydrogens is 380 g/mol. The average Bonchev–Trinajstić information content (AvgIpc) is 2.79. The highest BCUT2D eigenvalue weighted by Crippen LogP contribution is 2.25. The molecule has 30 heavy (non-hydrogen) atoms. The zero-order valence-electron chi connectivity index (χ0n) is 16.1. The van der Waals surface area contributed by atoms with Gasteiger partial charge in [-0.25, -0.2) is 9.78 Å². The van der Waals surface area contributed by atoms with Gasteiger partial charge in [0, 0.05) is 24.5 Å². The van der Waals surface area contributed by atoms with Crippen molar-refractivity contribution in [3.63, 3.8) is 0 Å². The first-order valence-electron chi connectivity index (χ1n) is 9.26. The van der Waals surface area contributed by atoms with Crippen molar-refractivity contribution in [1.29, 1.82) is 0 Å². The summed E-state index contributed by atoms with van der Waals surface area (Å²) in [6.07, 6.45) is 1.05.